The normalized spacial score (nSPS) is 16.6. The second-order valence-electron chi connectivity index (χ2n) is 7.24. The van der Waals surface area contributed by atoms with Crippen molar-refractivity contribution in [3.8, 4) is 11.5 Å². The number of carbonyl (C=O) groups is 2. The van der Waals surface area contributed by atoms with Crippen molar-refractivity contribution in [1.29, 1.82) is 0 Å². The maximum Gasteiger partial charge on any atom is 0.269 e. The first-order valence-electron chi connectivity index (χ1n) is 10.2. The molecule has 3 rings (SSSR count). The lowest BCUT2D eigenvalue weighted by atomic mass is 10.0. The first-order chi connectivity index (χ1) is 15.3. The summed E-state index contributed by atoms with van der Waals surface area (Å²) >= 11 is 0. The smallest absolute Gasteiger partial charge is 0.269 e. The van der Waals surface area contributed by atoms with Crippen LogP contribution in [0.1, 0.15) is 28.9 Å². The minimum Gasteiger partial charge on any atom is -0.493 e. The van der Waals surface area contributed by atoms with Gasteiger partial charge in [0.05, 0.1) is 25.2 Å². The molecule has 172 valence electrons. The Morgan fingerprint density at radius 3 is 2.34 bits per heavy atom. The zero-order valence-electron chi connectivity index (χ0n) is 18.0. The highest BCUT2D eigenvalue weighted by Gasteiger charge is 2.32. The largest absolute Gasteiger partial charge is 0.493 e. The van der Waals surface area contributed by atoms with Gasteiger partial charge in [0, 0.05) is 18.7 Å². The molecular weight excluding hydrogens is 434 g/mol. The third kappa shape index (κ3) is 5.77. The number of hydrazine groups is 1. The number of nitrogens with zero attached hydrogens (tertiary/aromatic N) is 1. The number of hydrogen-bond acceptors (Lipinski definition) is 7. The Morgan fingerprint density at radius 2 is 1.72 bits per heavy atom. The number of rotatable bonds is 7. The maximum atomic E-state index is 13.0. The van der Waals surface area contributed by atoms with E-state index in [4.69, 9.17) is 9.47 Å². The topological polar surface area (TPSA) is 114 Å². The van der Waals surface area contributed by atoms with Gasteiger partial charge in [-0.2, -0.15) is 0 Å². The van der Waals surface area contributed by atoms with E-state index in [0.29, 0.717) is 23.7 Å². The summed E-state index contributed by atoms with van der Waals surface area (Å²) in [7, 11) is -1.62. The van der Waals surface area contributed by atoms with Gasteiger partial charge in [-0.15, -0.1) is 0 Å². The molecule has 32 heavy (non-hydrogen) atoms. The summed E-state index contributed by atoms with van der Waals surface area (Å²) in [6.45, 7) is 2.77. The molecule has 1 atom stereocenters. The maximum absolute atomic E-state index is 13.0. The molecule has 0 aliphatic carbocycles. The van der Waals surface area contributed by atoms with Gasteiger partial charge in [-0.3, -0.25) is 25.3 Å². The Morgan fingerprint density at radius 1 is 1.03 bits per heavy atom. The molecule has 0 aromatic heterocycles. The van der Waals surface area contributed by atoms with Gasteiger partial charge in [0.25, 0.3) is 11.8 Å². The number of hydrogen-bond donors (Lipinski definition) is 2. The van der Waals surface area contributed by atoms with Crippen molar-refractivity contribution >= 4 is 21.7 Å². The van der Waals surface area contributed by atoms with Gasteiger partial charge >= 0.3 is 0 Å². The molecule has 2 aromatic carbocycles. The Labute approximate surface area is 187 Å². The van der Waals surface area contributed by atoms with Crippen LogP contribution in [0.15, 0.2) is 48.5 Å². The summed E-state index contributed by atoms with van der Waals surface area (Å²) in [6, 6.07) is 13.0. The van der Waals surface area contributed by atoms with E-state index in [-0.39, 0.29) is 30.2 Å². The first-order valence-corrected chi connectivity index (χ1v) is 12.1. The van der Waals surface area contributed by atoms with Crippen molar-refractivity contribution in [3.05, 3.63) is 59.7 Å². The van der Waals surface area contributed by atoms with E-state index in [9.17, 15) is 18.0 Å². The molecule has 1 saturated heterocycles. The van der Waals surface area contributed by atoms with Crippen LogP contribution in [-0.2, 0) is 14.6 Å². The van der Waals surface area contributed by atoms with Crippen LogP contribution in [0.2, 0.25) is 0 Å². The minimum absolute atomic E-state index is 0.0120. The molecule has 0 radical (unpaired) electrons. The molecule has 2 aromatic rings. The van der Waals surface area contributed by atoms with Gasteiger partial charge in [-0.1, -0.05) is 30.3 Å². The summed E-state index contributed by atoms with van der Waals surface area (Å²) in [5, 5.41) is 0. The number of carbonyl (C=O) groups excluding carboxylic acids is 2. The number of benzene rings is 2. The third-order valence-electron chi connectivity index (χ3n) is 5.13. The van der Waals surface area contributed by atoms with Crippen molar-refractivity contribution in [2.45, 2.75) is 13.0 Å². The van der Waals surface area contributed by atoms with E-state index < -0.39 is 27.7 Å². The average molecular weight is 462 g/mol. The standard InChI is InChI=1S/C22H27N3O6S/c1-3-31-18-10-9-17(15-19(18)30-2)21(26)23-24-22(27)20(16-7-5-4-6-8-16)25-11-13-32(28,29)14-12-25/h4-10,15,20H,3,11-14H2,1-2H3,(H,23,26)(H,24,27). The van der Waals surface area contributed by atoms with Crippen LogP contribution in [0.25, 0.3) is 0 Å². The molecule has 0 bridgehead atoms. The van der Waals surface area contributed by atoms with Crippen molar-refractivity contribution in [1.82, 2.24) is 15.8 Å². The highest BCUT2D eigenvalue weighted by molar-refractivity contribution is 7.91. The molecule has 1 aliphatic rings. The van der Waals surface area contributed by atoms with Crippen molar-refractivity contribution in [3.63, 3.8) is 0 Å². The van der Waals surface area contributed by atoms with Crippen LogP contribution < -0.4 is 20.3 Å². The van der Waals surface area contributed by atoms with Crippen LogP contribution in [0.3, 0.4) is 0 Å². The number of nitrogens with one attached hydrogen (secondary N) is 2. The Bertz CT molecular complexity index is 1040. The summed E-state index contributed by atoms with van der Waals surface area (Å²) < 4.78 is 34.3. The molecule has 1 aliphatic heterocycles. The van der Waals surface area contributed by atoms with E-state index in [1.807, 2.05) is 13.0 Å². The number of methoxy groups -OCH3 is 1. The SMILES string of the molecule is CCOc1ccc(C(=O)NNC(=O)C(c2ccccc2)N2CCS(=O)(=O)CC2)cc1OC. The fourth-order valence-electron chi connectivity index (χ4n) is 3.49. The Kier molecular flexibility index (Phi) is 7.70. The zero-order valence-corrected chi connectivity index (χ0v) is 18.9. The Balaban J connectivity index is 1.72. The van der Waals surface area contributed by atoms with E-state index in [1.54, 1.807) is 41.3 Å². The van der Waals surface area contributed by atoms with E-state index >= 15 is 0 Å². The highest BCUT2D eigenvalue weighted by atomic mass is 32.2. The Hall–Kier alpha value is -3.11. The third-order valence-corrected chi connectivity index (χ3v) is 6.74. The average Bonchev–Trinajstić information content (AvgIpc) is 2.80. The van der Waals surface area contributed by atoms with Gasteiger partial charge in [0.15, 0.2) is 21.3 Å². The van der Waals surface area contributed by atoms with E-state index in [0.717, 1.165) is 0 Å². The number of sulfone groups is 1. The summed E-state index contributed by atoms with van der Waals surface area (Å²) in [5.74, 6) is -0.0825. The molecule has 0 spiro atoms. The second-order valence-corrected chi connectivity index (χ2v) is 9.55. The van der Waals surface area contributed by atoms with Crippen molar-refractivity contribution in [2.75, 3.05) is 38.3 Å². The minimum atomic E-state index is -3.10. The lowest BCUT2D eigenvalue weighted by Gasteiger charge is -2.33. The summed E-state index contributed by atoms with van der Waals surface area (Å²) in [4.78, 5) is 27.4. The van der Waals surface area contributed by atoms with Crippen LogP contribution >= 0.6 is 0 Å². The lowest BCUT2D eigenvalue weighted by molar-refractivity contribution is -0.127. The highest BCUT2D eigenvalue weighted by Crippen LogP contribution is 2.28. The van der Waals surface area contributed by atoms with Crippen LogP contribution in [0.5, 0.6) is 11.5 Å². The van der Waals surface area contributed by atoms with Crippen molar-refractivity contribution < 1.29 is 27.5 Å². The predicted molar refractivity (Wildman–Crippen MR) is 119 cm³/mol. The van der Waals surface area contributed by atoms with Gasteiger partial charge in [0.1, 0.15) is 6.04 Å². The van der Waals surface area contributed by atoms with Crippen LogP contribution in [-0.4, -0.2) is 63.4 Å². The van der Waals surface area contributed by atoms with Crippen molar-refractivity contribution in [2.24, 2.45) is 0 Å². The van der Waals surface area contributed by atoms with Gasteiger partial charge in [-0.25, -0.2) is 8.42 Å². The molecule has 10 heteroatoms. The number of ether oxygens (including phenoxy) is 2. The zero-order chi connectivity index (χ0) is 23.1. The quantitative estimate of drug-likeness (QED) is 0.598. The van der Waals surface area contributed by atoms with Gasteiger partial charge in [0.2, 0.25) is 0 Å². The van der Waals surface area contributed by atoms with E-state index in [2.05, 4.69) is 10.9 Å². The molecule has 2 N–H and O–H groups in total. The van der Waals surface area contributed by atoms with E-state index in [1.165, 1.54) is 13.2 Å². The monoisotopic (exact) mass is 461 g/mol. The fraction of sp³-hybridized carbons (Fsp3) is 0.364. The molecule has 1 heterocycles. The van der Waals surface area contributed by atoms with Crippen LogP contribution in [0.4, 0.5) is 0 Å². The molecule has 9 nitrogen and oxygen atoms in total. The predicted octanol–water partition coefficient (Wildman–Crippen LogP) is 1.33. The molecular formula is C22H27N3O6S. The summed E-state index contributed by atoms with van der Waals surface area (Å²) in [6.07, 6.45) is 0. The first kappa shape index (κ1) is 23.6. The fourth-order valence-corrected chi connectivity index (χ4v) is 4.72. The molecule has 1 unspecified atom stereocenters. The van der Waals surface area contributed by atoms with Gasteiger partial charge < -0.3 is 9.47 Å². The molecule has 0 saturated carbocycles. The van der Waals surface area contributed by atoms with Crippen LogP contribution in [0, 0.1) is 0 Å². The lowest BCUT2D eigenvalue weighted by Crippen LogP contribution is -2.51. The van der Waals surface area contributed by atoms with Gasteiger partial charge in [-0.05, 0) is 30.7 Å². The summed E-state index contributed by atoms with van der Waals surface area (Å²) in [5.41, 5.74) is 5.89. The number of amides is 2. The molecule has 2 amide bonds. The molecule has 1 fully saturated rings. The second kappa shape index (κ2) is 10.5.